The molecule has 0 heterocycles. The van der Waals surface area contributed by atoms with Gasteiger partial charge in [0.2, 0.25) is 0 Å². The van der Waals surface area contributed by atoms with Gasteiger partial charge in [-0.05, 0) is 46.7 Å². The van der Waals surface area contributed by atoms with Gasteiger partial charge in [0.15, 0.2) is 0 Å². The lowest BCUT2D eigenvalue weighted by Gasteiger charge is -2.16. The average Bonchev–Trinajstić information content (AvgIpc) is 2.24. The van der Waals surface area contributed by atoms with Crippen LogP contribution in [0.25, 0.3) is 0 Å². The predicted octanol–water partition coefficient (Wildman–Crippen LogP) is 2.22. The van der Waals surface area contributed by atoms with Gasteiger partial charge in [0, 0.05) is 10.2 Å². The van der Waals surface area contributed by atoms with Gasteiger partial charge in [0.25, 0.3) is 0 Å². The zero-order chi connectivity index (χ0) is 11.1. The molecule has 0 saturated carbocycles. The largest absolute Gasteiger partial charge is 0.379 e. The second-order valence-electron chi connectivity index (χ2n) is 3.35. The van der Waals surface area contributed by atoms with Crippen LogP contribution in [-0.2, 0) is 4.74 Å². The van der Waals surface area contributed by atoms with E-state index in [1.165, 1.54) is 9.13 Å². The van der Waals surface area contributed by atoms with Crippen molar-refractivity contribution in [2.75, 3.05) is 13.2 Å². The first kappa shape index (κ1) is 12.9. The number of nitrogens with two attached hydrogens (primary N) is 1. The summed E-state index contributed by atoms with van der Waals surface area (Å²) in [7, 11) is 0. The van der Waals surface area contributed by atoms with Crippen molar-refractivity contribution in [2.24, 2.45) is 5.84 Å². The number of rotatable bonds is 6. The summed E-state index contributed by atoms with van der Waals surface area (Å²) in [5.41, 5.74) is 3.94. The van der Waals surface area contributed by atoms with E-state index in [9.17, 15) is 0 Å². The van der Waals surface area contributed by atoms with Crippen LogP contribution in [-0.4, -0.2) is 13.2 Å². The lowest BCUT2D eigenvalue weighted by molar-refractivity contribution is 0.112. The number of hydrazine groups is 1. The quantitative estimate of drug-likeness (QED) is 0.366. The Labute approximate surface area is 104 Å². The number of hydrogen-bond donors (Lipinski definition) is 2. The van der Waals surface area contributed by atoms with E-state index in [0.29, 0.717) is 6.61 Å². The fraction of sp³-hybridized carbons (Fsp3) is 0.455. The Kier molecular flexibility index (Phi) is 6.16. The molecule has 0 aliphatic carbocycles. The first-order valence-electron chi connectivity index (χ1n) is 5.07. The van der Waals surface area contributed by atoms with E-state index in [1.54, 1.807) is 0 Å². The van der Waals surface area contributed by atoms with Gasteiger partial charge >= 0.3 is 0 Å². The highest BCUT2D eigenvalue weighted by Crippen LogP contribution is 2.15. The SMILES string of the molecule is CCCOCC(NN)c1cccc(I)c1. The Morgan fingerprint density at radius 3 is 2.93 bits per heavy atom. The molecule has 1 atom stereocenters. The minimum Gasteiger partial charge on any atom is -0.379 e. The van der Waals surface area contributed by atoms with Crippen molar-refractivity contribution in [1.82, 2.24) is 5.43 Å². The standard InChI is InChI=1S/C11H17IN2O/c1-2-6-15-8-11(14-13)9-4-3-5-10(12)7-9/h3-5,7,11,14H,2,6,8,13H2,1H3. The van der Waals surface area contributed by atoms with Gasteiger partial charge in [0.1, 0.15) is 0 Å². The summed E-state index contributed by atoms with van der Waals surface area (Å²) >= 11 is 2.29. The van der Waals surface area contributed by atoms with Gasteiger partial charge in [-0.2, -0.15) is 0 Å². The minimum absolute atomic E-state index is 0.0752. The molecule has 1 rings (SSSR count). The lowest BCUT2D eigenvalue weighted by Crippen LogP contribution is -2.31. The van der Waals surface area contributed by atoms with Crippen LogP contribution in [0.5, 0.6) is 0 Å². The monoisotopic (exact) mass is 320 g/mol. The van der Waals surface area contributed by atoms with Crippen molar-refractivity contribution < 1.29 is 4.74 Å². The Hall–Kier alpha value is -0.170. The third-order valence-corrected chi connectivity index (χ3v) is 2.76. The van der Waals surface area contributed by atoms with Gasteiger partial charge < -0.3 is 4.74 Å². The molecule has 0 aromatic heterocycles. The first-order chi connectivity index (χ1) is 7.27. The van der Waals surface area contributed by atoms with E-state index >= 15 is 0 Å². The van der Waals surface area contributed by atoms with Gasteiger partial charge in [-0.15, -0.1) is 0 Å². The molecule has 0 amide bonds. The molecule has 1 aromatic carbocycles. The molecule has 0 aliphatic rings. The molecule has 1 unspecified atom stereocenters. The smallest absolute Gasteiger partial charge is 0.0694 e. The molecule has 15 heavy (non-hydrogen) atoms. The Morgan fingerprint density at radius 2 is 2.33 bits per heavy atom. The third-order valence-electron chi connectivity index (χ3n) is 2.09. The highest BCUT2D eigenvalue weighted by molar-refractivity contribution is 14.1. The van der Waals surface area contributed by atoms with E-state index in [4.69, 9.17) is 10.6 Å². The van der Waals surface area contributed by atoms with Crippen LogP contribution in [0.4, 0.5) is 0 Å². The molecule has 0 bridgehead atoms. The van der Waals surface area contributed by atoms with E-state index in [0.717, 1.165) is 13.0 Å². The first-order valence-corrected chi connectivity index (χ1v) is 6.15. The molecule has 4 heteroatoms. The van der Waals surface area contributed by atoms with Crippen LogP contribution in [0.2, 0.25) is 0 Å². The second-order valence-corrected chi connectivity index (χ2v) is 4.59. The zero-order valence-electron chi connectivity index (χ0n) is 8.87. The topological polar surface area (TPSA) is 47.3 Å². The fourth-order valence-corrected chi connectivity index (χ4v) is 1.88. The Morgan fingerprint density at radius 1 is 1.53 bits per heavy atom. The summed E-state index contributed by atoms with van der Waals surface area (Å²) in [5, 5.41) is 0. The van der Waals surface area contributed by atoms with Crippen LogP contribution in [0.15, 0.2) is 24.3 Å². The maximum Gasteiger partial charge on any atom is 0.0694 e. The number of hydrogen-bond acceptors (Lipinski definition) is 3. The predicted molar refractivity (Wildman–Crippen MR) is 70.3 cm³/mol. The van der Waals surface area contributed by atoms with Crippen LogP contribution in [0.1, 0.15) is 24.9 Å². The number of halogens is 1. The minimum atomic E-state index is 0.0752. The Bertz CT molecular complexity index is 294. The van der Waals surface area contributed by atoms with E-state index in [-0.39, 0.29) is 6.04 Å². The Balaban J connectivity index is 2.57. The van der Waals surface area contributed by atoms with Gasteiger partial charge in [-0.1, -0.05) is 19.1 Å². The maximum absolute atomic E-state index is 5.50. The average molecular weight is 320 g/mol. The molecule has 84 valence electrons. The summed E-state index contributed by atoms with van der Waals surface area (Å²) in [4.78, 5) is 0. The van der Waals surface area contributed by atoms with E-state index in [1.807, 2.05) is 6.07 Å². The molecule has 0 spiro atoms. The lowest BCUT2D eigenvalue weighted by atomic mass is 10.1. The van der Waals surface area contributed by atoms with Crippen molar-refractivity contribution in [1.29, 1.82) is 0 Å². The van der Waals surface area contributed by atoms with Crippen LogP contribution in [0, 0.1) is 3.57 Å². The molecule has 0 fully saturated rings. The zero-order valence-corrected chi connectivity index (χ0v) is 11.0. The molecular weight excluding hydrogens is 303 g/mol. The maximum atomic E-state index is 5.50. The molecule has 0 radical (unpaired) electrons. The molecule has 1 aromatic rings. The summed E-state index contributed by atoms with van der Waals surface area (Å²) in [6.45, 7) is 3.49. The molecule has 3 nitrogen and oxygen atoms in total. The van der Waals surface area contributed by atoms with Crippen LogP contribution < -0.4 is 11.3 Å². The number of ether oxygens (including phenoxy) is 1. The van der Waals surface area contributed by atoms with Gasteiger partial charge in [-0.3, -0.25) is 11.3 Å². The third kappa shape index (κ3) is 4.46. The summed E-state index contributed by atoms with van der Waals surface area (Å²) in [6.07, 6.45) is 1.03. The van der Waals surface area contributed by atoms with Crippen molar-refractivity contribution in [3.8, 4) is 0 Å². The summed E-state index contributed by atoms with van der Waals surface area (Å²) in [5.74, 6) is 5.50. The van der Waals surface area contributed by atoms with Crippen molar-refractivity contribution in [3.63, 3.8) is 0 Å². The second kappa shape index (κ2) is 7.16. The van der Waals surface area contributed by atoms with Crippen LogP contribution >= 0.6 is 22.6 Å². The highest BCUT2D eigenvalue weighted by atomic mass is 127. The van der Waals surface area contributed by atoms with Crippen LogP contribution in [0.3, 0.4) is 0 Å². The highest BCUT2D eigenvalue weighted by Gasteiger charge is 2.09. The molecule has 0 aliphatic heterocycles. The molecule has 3 N–H and O–H groups in total. The van der Waals surface area contributed by atoms with Crippen molar-refractivity contribution in [3.05, 3.63) is 33.4 Å². The van der Waals surface area contributed by atoms with E-state index in [2.05, 4.69) is 53.1 Å². The van der Waals surface area contributed by atoms with E-state index < -0.39 is 0 Å². The molecule has 0 saturated heterocycles. The van der Waals surface area contributed by atoms with Crippen molar-refractivity contribution >= 4 is 22.6 Å². The normalized spacial score (nSPS) is 12.7. The van der Waals surface area contributed by atoms with Gasteiger partial charge in [-0.25, -0.2) is 0 Å². The summed E-state index contributed by atoms with van der Waals surface area (Å²) < 4.78 is 6.69. The number of nitrogens with one attached hydrogen (secondary N) is 1. The van der Waals surface area contributed by atoms with Crippen molar-refractivity contribution in [2.45, 2.75) is 19.4 Å². The fourth-order valence-electron chi connectivity index (χ4n) is 1.31. The molecular formula is C11H17IN2O. The summed E-state index contributed by atoms with van der Waals surface area (Å²) in [6, 6.07) is 8.33. The van der Waals surface area contributed by atoms with Gasteiger partial charge in [0.05, 0.1) is 12.6 Å². The number of benzene rings is 1.